The van der Waals surface area contributed by atoms with Crippen molar-refractivity contribution >= 4 is 16.8 Å². The van der Waals surface area contributed by atoms with Crippen molar-refractivity contribution in [2.45, 2.75) is 12.3 Å². The number of amides is 1. The third kappa shape index (κ3) is 3.66. The number of benzene rings is 2. The number of alkyl halides is 3. The van der Waals surface area contributed by atoms with Crippen LogP contribution in [0.2, 0.25) is 0 Å². The highest BCUT2D eigenvalue weighted by Gasteiger charge is 2.30. The highest BCUT2D eigenvalue weighted by atomic mass is 19.4. The number of H-pyrrole nitrogens is 1. The number of aromatic amines is 1. The number of rotatable bonds is 4. The van der Waals surface area contributed by atoms with Gasteiger partial charge in [0, 0.05) is 29.2 Å². The van der Waals surface area contributed by atoms with Crippen LogP contribution in [0.15, 0.2) is 54.7 Å². The number of hydrogen-bond donors (Lipinski definition) is 3. The highest BCUT2D eigenvalue weighted by Crippen LogP contribution is 2.30. The van der Waals surface area contributed by atoms with Gasteiger partial charge < -0.3 is 15.4 Å². The Hall–Kier alpha value is -2.80. The molecule has 2 aromatic carbocycles. The first-order chi connectivity index (χ1) is 11.9. The summed E-state index contributed by atoms with van der Waals surface area (Å²) in [7, 11) is 0. The highest BCUT2D eigenvalue weighted by molar-refractivity contribution is 6.06. The number of aliphatic hydroxyl groups excluding tert-OH is 1. The Balaban J connectivity index is 1.71. The maximum atomic E-state index is 12.7. The van der Waals surface area contributed by atoms with Crippen LogP contribution < -0.4 is 5.32 Å². The Kier molecular flexibility index (Phi) is 4.50. The Morgan fingerprint density at radius 1 is 1.16 bits per heavy atom. The third-order valence-electron chi connectivity index (χ3n) is 3.89. The lowest BCUT2D eigenvalue weighted by atomic mass is 10.1. The summed E-state index contributed by atoms with van der Waals surface area (Å²) in [6, 6.07) is 11.4. The standard InChI is InChI=1S/C18H15F3N2O2/c19-18(20,21)12-4-1-3-11(9-12)16(24)10-23-17(25)14-5-2-6-15-13(14)7-8-22-15/h1-9,16,22,24H,10H2,(H,23,25). The molecule has 1 aromatic heterocycles. The fraction of sp³-hybridized carbons (Fsp3) is 0.167. The van der Waals surface area contributed by atoms with Crippen molar-refractivity contribution in [1.29, 1.82) is 0 Å². The Bertz CT molecular complexity index is 902. The van der Waals surface area contributed by atoms with Crippen LogP contribution >= 0.6 is 0 Å². The number of aromatic nitrogens is 1. The summed E-state index contributed by atoms with van der Waals surface area (Å²) in [6.45, 7) is -0.193. The molecule has 0 saturated heterocycles. The van der Waals surface area contributed by atoms with Gasteiger partial charge in [0.05, 0.1) is 11.7 Å². The lowest BCUT2D eigenvalue weighted by Gasteiger charge is -2.15. The summed E-state index contributed by atoms with van der Waals surface area (Å²) >= 11 is 0. The number of fused-ring (bicyclic) bond motifs is 1. The van der Waals surface area contributed by atoms with Crippen LogP contribution in [0.5, 0.6) is 0 Å². The summed E-state index contributed by atoms with van der Waals surface area (Å²) < 4.78 is 38.2. The smallest absolute Gasteiger partial charge is 0.387 e. The molecule has 25 heavy (non-hydrogen) atoms. The summed E-state index contributed by atoms with van der Waals surface area (Å²) in [6.07, 6.45) is -4.02. The van der Waals surface area contributed by atoms with E-state index >= 15 is 0 Å². The lowest BCUT2D eigenvalue weighted by molar-refractivity contribution is -0.137. The molecule has 130 valence electrons. The first kappa shape index (κ1) is 17.0. The number of halogens is 3. The van der Waals surface area contributed by atoms with E-state index in [9.17, 15) is 23.1 Å². The van der Waals surface area contributed by atoms with Crippen molar-refractivity contribution in [3.05, 3.63) is 71.4 Å². The molecule has 0 fully saturated rings. The maximum Gasteiger partial charge on any atom is 0.416 e. The molecule has 0 aliphatic carbocycles. The molecule has 0 radical (unpaired) electrons. The van der Waals surface area contributed by atoms with E-state index in [1.165, 1.54) is 12.1 Å². The minimum Gasteiger partial charge on any atom is -0.387 e. The van der Waals surface area contributed by atoms with E-state index in [1.807, 2.05) is 6.07 Å². The predicted octanol–water partition coefficient (Wildman–Crippen LogP) is 3.65. The van der Waals surface area contributed by atoms with Gasteiger partial charge in [-0.2, -0.15) is 13.2 Å². The van der Waals surface area contributed by atoms with Gasteiger partial charge in [0.2, 0.25) is 0 Å². The average Bonchev–Trinajstić information content (AvgIpc) is 3.07. The normalized spacial score (nSPS) is 13.0. The van der Waals surface area contributed by atoms with E-state index in [-0.39, 0.29) is 12.1 Å². The molecular formula is C18H15F3N2O2. The van der Waals surface area contributed by atoms with Crippen LogP contribution in [-0.2, 0) is 6.18 Å². The molecule has 3 N–H and O–H groups in total. The largest absolute Gasteiger partial charge is 0.416 e. The van der Waals surface area contributed by atoms with Gasteiger partial charge in [-0.15, -0.1) is 0 Å². The van der Waals surface area contributed by atoms with Crippen molar-refractivity contribution in [3.63, 3.8) is 0 Å². The van der Waals surface area contributed by atoms with Crippen molar-refractivity contribution < 1.29 is 23.1 Å². The van der Waals surface area contributed by atoms with E-state index in [0.29, 0.717) is 5.56 Å². The minimum atomic E-state index is -4.48. The van der Waals surface area contributed by atoms with Crippen molar-refractivity contribution in [1.82, 2.24) is 10.3 Å². The summed E-state index contributed by atoms with van der Waals surface area (Å²) in [5.74, 6) is -0.406. The minimum absolute atomic E-state index is 0.0926. The molecule has 7 heteroatoms. The van der Waals surface area contributed by atoms with Crippen LogP contribution in [0.1, 0.15) is 27.6 Å². The van der Waals surface area contributed by atoms with Gasteiger partial charge >= 0.3 is 6.18 Å². The fourth-order valence-corrected chi connectivity index (χ4v) is 2.61. The number of carbonyl (C=O) groups is 1. The summed E-state index contributed by atoms with van der Waals surface area (Å²) in [5, 5.41) is 13.4. The maximum absolute atomic E-state index is 12.7. The van der Waals surface area contributed by atoms with Crippen molar-refractivity contribution in [2.75, 3.05) is 6.54 Å². The van der Waals surface area contributed by atoms with E-state index in [1.54, 1.807) is 24.4 Å². The van der Waals surface area contributed by atoms with Gasteiger partial charge in [-0.05, 0) is 35.9 Å². The second-order valence-corrected chi connectivity index (χ2v) is 5.59. The molecule has 3 rings (SSSR count). The van der Waals surface area contributed by atoms with Gasteiger partial charge in [-0.25, -0.2) is 0 Å². The third-order valence-corrected chi connectivity index (χ3v) is 3.89. The Morgan fingerprint density at radius 3 is 2.68 bits per heavy atom. The average molecular weight is 348 g/mol. The van der Waals surface area contributed by atoms with Gasteiger partial charge in [0.1, 0.15) is 0 Å². The molecular weight excluding hydrogens is 333 g/mol. The van der Waals surface area contributed by atoms with Gasteiger partial charge in [-0.1, -0.05) is 18.2 Å². The molecule has 0 spiro atoms. The van der Waals surface area contributed by atoms with E-state index in [0.717, 1.165) is 23.0 Å². The molecule has 1 atom stereocenters. The van der Waals surface area contributed by atoms with E-state index < -0.39 is 23.8 Å². The van der Waals surface area contributed by atoms with Crippen LogP contribution in [0.3, 0.4) is 0 Å². The SMILES string of the molecule is O=C(NCC(O)c1cccc(C(F)(F)F)c1)c1cccc2[nH]ccc12. The van der Waals surface area contributed by atoms with E-state index in [2.05, 4.69) is 10.3 Å². The number of hydrogen-bond acceptors (Lipinski definition) is 2. The molecule has 3 aromatic rings. The number of nitrogens with one attached hydrogen (secondary N) is 2. The van der Waals surface area contributed by atoms with Crippen LogP contribution in [0, 0.1) is 0 Å². The Labute approximate surface area is 141 Å². The van der Waals surface area contributed by atoms with Crippen molar-refractivity contribution in [3.8, 4) is 0 Å². The van der Waals surface area contributed by atoms with Gasteiger partial charge in [-0.3, -0.25) is 4.79 Å². The number of carbonyl (C=O) groups excluding carboxylic acids is 1. The van der Waals surface area contributed by atoms with E-state index in [4.69, 9.17) is 0 Å². The zero-order valence-electron chi connectivity index (χ0n) is 13.0. The second kappa shape index (κ2) is 6.60. The molecule has 4 nitrogen and oxygen atoms in total. The molecule has 0 aliphatic heterocycles. The van der Waals surface area contributed by atoms with Crippen LogP contribution in [-0.4, -0.2) is 22.5 Å². The fourth-order valence-electron chi connectivity index (χ4n) is 2.61. The van der Waals surface area contributed by atoms with Gasteiger partial charge in [0.25, 0.3) is 5.91 Å². The topological polar surface area (TPSA) is 65.1 Å². The first-order valence-corrected chi connectivity index (χ1v) is 7.56. The summed E-state index contributed by atoms with van der Waals surface area (Å²) in [5.41, 5.74) is 0.475. The lowest BCUT2D eigenvalue weighted by Crippen LogP contribution is -2.28. The zero-order valence-corrected chi connectivity index (χ0v) is 13.0. The summed E-state index contributed by atoms with van der Waals surface area (Å²) in [4.78, 5) is 15.3. The molecule has 0 bridgehead atoms. The quantitative estimate of drug-likeness (QED) is 0.674. The Morgan fingerprint density at radius 2 is 1.92 bits per heavy atom. The van der Waals surface area contributed by atoms with Crippen molar-refractivity contribution in [2.24, 2.45) is 0 Å². The van der Waals surface area contributed by atoms with Gasteiger partial charge in [0.15, 0.2) is 0 Å². The zero-order chi connectivity index (χ0) is 18.0. The molecule has 0 aliphatic rings. The predicted molar refractivity (Wildman–Crippen MR) is 87.0 cm³/mol. The molecule has 1 heterocycles. The monoisotopic (exact) mass is 348 g/mol. The molecule has 1 amide bonds. The molecule has 1 unspecified atom stereocenters. The van der Waals surface area contributed by atoms with Crippen LogP contribution in [0.4, 0.5) is 13.2 Å². The second-order valence-electron chi connectivity index (χ2n) is 5.59. The number of aliphatic hydroxyl groups is 1. The first-order valence-electron chi connectivity index (χ1n) is 7.56. The van der Waals surface area contributed by atoms with Crippen LogP contribution in [0.25, 0.3) is 10.9 Å². The molecule has 0 saturated carbocycles.